The second-order valence-corrected chi connectivity index (χ2v) is 6.17. The topological polar surface area (TPSA) is 64.6 Å². The summed E-state index contributed by atoms with van der Waals surface area (Å²) in [5, 5.41) is 3.20. The van der Waals surface area contributed by atoms with Gasteiger partial charge in [0.15, 0.2) is 13.2 Å². The van der Waals surface area contributed by atoms with Gasteiger partial charge >= 0.3 is 5.97 Å². The van der Waals surface area contributed by atoms with Crippen LogP contribution in [0.15, 0.2) is 48.5 Å². The number of hydrogen-bond acceptors (Lipinski definition) is 4. The van der Waals surface area contributed by atoms with E-state index in [1.54, 1.807) is 24.3 Å². The predicted molar refractivity (Wildman–Crippen MR) is 100 cm³/mol. The van der Waals surface area contributed by atoms with E-state index in [2.05, 4.69) is 12.2 Å². The van der Waals surface area contributed by atoms with Gasteiger partial charge in [0.1, 0.15) is 5.75 Å². The van der Waals surface area contributed by atoms with Gasteiger partial charge in [-0.25, -0.2) is 4.79 Å². The van der Waals surface area contributed by atoms with Gasteiger partial charge in [-0.1, -0.05) is 54.9 Å². The third kappa shape index (κ3) is 6.08. The number of rotatable bonds is 8. The first-order chi connectivity index (χ1) is 12.5. The molecule has 0 saturated heterocycles. The Bertz CT molecular complexity index is 746. The highest BCUT2D eigenvalue weighted by Gasteiger charge is 2.13. The van der Waals surface area contributed by atoms with E-state index in [4.69, 9.17) is 21.1 Å². The average molecular weight is 376 g/mol. The largest absolute Gasteiger partial charge is 0.480 e. The van der Waals surface area contributed by atoms with E-state index in [1.807, 2.05) is 31.2 Å². The molecule has 0 fully saturated rings. The molecule has 0 heterocycles. The van der Waals surface area contributed by atoms with Crippen LogP contribution in [0, 0.1) is 0 Å². The summed E-state index contributed by atoms with van der Waals surface area (Å²) >= 11 is 5.93. The van der Waals surface area contributed by atoms with Crippen molar-refractivity contribution in [3.8, 4) is 5.75 Å². The molecule has 1 amide bonds. The molecule has 0 bridgehead atoms. The molecule has 1 atom stereocenters. The van der Waals surface area contributed by atoms with Crippen molar-refractivity contribution in [1.82, 2.24) is 5.32 Å². The molecule has 0 aliphatic heterocycles. The Hall–Kier alpha value is -2.53. The molecule has 2 aromatic carbocycles. The summed E-state index contributed by atoms with van der Waals surface area (Å²) in [7, 11) is 0. The molecule has 0 radical (unpaired) electrons. The van der Waals surface area contributed by atoms with Crippen molar-refractivity contribution in [2.24, 2.45) is 0 Å². The maximum absolute atomic E-state index is 11.9. The Morgan fingerprint density at radius 1 is 1.08 bits per heavy atom. The summed E-state index contributed by atoms with van der Waals surface area (Å²) in [6.45, 7) is 3.29. The van der Waals surface area contributed by atoms with Crippen LogP contribution in [0.3, 0.4) is 0 Å². The lowest BCUT2D eigenvalue weighted by Gasteiger charge is -2.15. The number of amides is 1. The highest BCUT2D eigenvalue weighted by atomic mass is 35.5. The summed E-state index contributed by atoms with van der Waals surface area (Å²) in [5.41, 5.74) is 2.23. The summed E-state index contributed by atoms with van der Waals surface area (Å²) < 4.78 is 10.2. The number of ether oxygens (including phenoxy) is 2. The van der Waals surface area contributed by atoms with Crippen LogP contribution in [-0.4, -0.2) is 25.1 Å². The summed E-state index contributed by atoms with van der Waals surface area (Å²) in [4.78, 5) is 23.6. The van der Waals surface area contributed by atoms with E-state index < -0.39 is 5.97 Å². The second kappa shape index (κ2) is 9.82. The molecule has 0 spiro atoms. The third-order valence-corrected chi connectivity index (χ3v) is 4.12. The molecule has 0 unspecified atom stereocenters. The molecule has 1 N–H and O–H groups in total. The van der Waals surface area contributed by atoms with Crippen LogP contribution in [0.5, 0.6) is 5.75 Å². The first kappa shape index (κ1) is 19.8. The Labute approximate surface area is 158 Å². The molecule has 0 aromatic heterocycles. The lowest BCUT2D eigenvalue weighted by Crippen LogP contribution is -2.32. The van der Waals surface area contributed by atoms with Gasteiger partial charge in [0, 0.05) is 0 Å². The minimum absolute atomic E-state index is 0.175. The zero-order valence-corrected chi connectivity index (χ0v) is 15.6. The SMILES string of the molecule is CCc1ccc([C@@H](C)NC(=O)COC(=O)COc2ccccc2Cl)cc1. The van der Waals surface area contributed by atoms with Gasteiger partial charge in [-0.15, -0.1) is 0 Å². The Morgan fingerprint density at radius 2 is 1.77 bits per heavy atom. The smallest absolute Gasteiger partial charge is 0.344 e. The van der Waals surface area contributed by atoms with Crippen LogP contribution >= 0.6 is 11.6 Å². The van der Waals surface area contributed by atoms with E-state index >= 15 is 0 Å². The fraction of sp³-hybridized carbons (Fsp3) is 0.300. The molecule has 5 nitrogen and oxygen atoms in total. The summed E-state index contributed by atoms with van der Waals surface area (Å²) in [6, 6.07) is 14.7. The molecule has 138 valence electrons. The number of nitrogens with one attached hydrogen (secondary N) is 1. The molecule has 6 heteroatoms. The Kier molecular flexibility index (Phi) is 7.48. The van der Waals surface area contributed by atoms with Gasteiger partial charge in [0.25, 0.3) is 5.91 Å². The quantitative estimate of drug-likeness (QED) is 0.714. The number of esters is 1. The van der Waals surface area contributed by atoms with Crippen LogP contribution in [0.25, 0.3) is 0 Å². The van der Waals surface area contributed by atoms with Crippen molar-refractivity contribution in [3.63, 3.8) is 0 Å². The zero-order valence-electron chi connectivity index (χ0n) is 14.8. The van der Waals surface area contributed by atoms with Crippen molar-refractivity contribution in [3.05, 3.63) is 64.7 Å². The van der Waals surface area contributed by atoms with E-state index in [1.165, 1.54) is 5.56 Å². The monoisotopic (exact) mass is 375 g/mol. The van der Waals surface area contributed by atoms with Crippen LogP contribution in [-0.2, 0) is 20.7 Å². The maximum Gasteiger partial charge on any atom is 0.344 e. The van der Waals surface area contributed by atoms with Crippen LogP contribution in [0.2, 0.25) is 5.02 Å². The number of benzene rings is 2. The normalized spacial score (nSPS) is 11.5. The Morgan fingerprint density at radius 3 is 2.42 bits per heavy atom. The van der Waals surface area contributed by atoms with Crippen molar-refractivity contribution < 1.29 is 19.1 Å². The van der Waals surface area contributed by atoms with E-state index in [0.717, 1.165) is 12.0 Å². The van der Waals surface area contributed by atoms with E-state index in [0.29, 0.717) is 10.8 Å². The van der Waals surface area contributed by atoms with Gasteiger partial charge in [-0.3, -0.25) is 4.79 Å². The predicted octanol–water partition coefficient (Wildman–Crippen LogP) is 3.70. The van der Waals surface area contributed by atoms with Crippen molar-refractivity contribution in [1.29, 1.82) is 0 Å². The fourth-order valence-corrected chi connectivity index (χ4v) is 2.48. The van der Waals surface area contributed by atoms with Crippen LogP contribution < -0.4 is 10.1 Å². The molecule has 0 saturated carbocycles. The highest BCUT2D eigenvalue weighted by molar-refractivity contribution is 6.32. The van der Waals surface area contributed by atoms with Crippen molar-refractivity contribution >= 4 is 23.5 Å². The van der Waals surface area contributed by atoms with Crippen LogP contribution in [0.1, 0.15) is 31.0 Å². The lowest BCUT2D eigenvalue weighted by molar-refractivity contribution is -0.150. The molecule has 2 aromatic rings. The van der Waals surface area contributed by atoms with Gasteiger partial charge < -0.3 is 14.8 Å². The number of para-hydroxylation sites is 1. The van der Waals surface area contributed by atoms with Gasteiger partial charge in [-0.05, 0) is 36.6 Å². The third-order valence-electron chi connectivity index (χ3n) is 3.81. The van der Waals surface area contributed by atoms with Crippen molar-refractivity contribution in [2.45, 2.75) is 26.3 Å². The number of carbonyl (C=O) groups excluding carboxylic acids is 2. The average Bonchev–Trinajstić information content (AvgIpc) is 2.65. The fourth-order valence-electron chi connectivity index (χ4n) is 2.29. The highest BCUT2D eigenvalue weighted by Crippen LogP contribution is 2.22. The van der Waals surface area contributed by atoms with Gasteiger partial charge in [-0.2, -0.15) is 0 Å². The molecule has 0 aliphatic carbocycles. The second-order valence-electron chi connectivity index (χ2n) is 5.76. The molecule has 26 heavy (non-hydrogen) atoms. The number of carbonyl (C=O) groups is 2. The maximum atomic E-state index is 11.9. The summed E-state index contributed by atoms with van der Waals surface area (Å²) in [6.07, 6.45) is 0.966. The minimum atomic E-state index is -0.639. The summed E-state index contributed by atoms with van der Waals surface area (Å²) in [5.74, 6) is -0.622. The minimum Gasteiger partial charge on any atom is -0.480 e. The molecular formula is C20H22ClNO4. The van der Waals surface area contributed by atoms with Gasteiger partial charge in [0.2, 0.25) is 0 Å². The number of aryl methyl sites for hydroxylation is 1. The standard InChI is InChI=1S/C20H22ClNO4/c1-3-15-8-10-16(11-9-15)14(2)22-19(23)12-26-20(24)13-25-18-7-5-4-6-17(18)21/h4-11,14H,3,12-13H2,1-2H3,(H,22,23)/t14-/m1/s1. The van der Waals surface area contributed by atoms with E-state index in [9.17, 15) is 9.59 Å². The molecular weight excluding hydrogens is 354 g/mol. The van der Waals surface area contributed by atoms with Gasteiger partial charge in [0.05, 0.1) is 11.1 Å². The molecule has 2 rings (SSSR count). The Balaban J connectivity index is 1.73. The van der Waals surface area contributed by atoms with E-state index in [-0.39, 0.29) is 25.2 Å². The lowest BCUT2D eigenvalue weighted by atomic mass is 10.1. The number of hydrogen-bond donors (Lipinski definition) is 1. The van der Waals surface area contributed by atoms with Crippen molar-refractivity contribution in [2.75, 3.05) is 13.2 Å². The van der Waals surface area contributed by atoms with Crippen LogP contribution in [0.4, 0.5) is 0 Å². The zero-order chi connectivity index (χ0) is 18.9. The first-order valence-corrected chi connectivity index (χ1v) is 8.78. The molecule has 0 aliphatic rings. The first-order valence-electron chi connectivity index (χ1n) is 8.40. The number of halogens is 1.